The molecule has 0 aromatic heterocycles. The zero-order valence-electron chi connectivity index (χ0n) is 15.1. The molecule has 1 heterocycles. The van der Waals surface area contributed by atoms with E-state index in [9.17, 15) is 14.0 Å². The van der Waals surface area contributed by atoms with Gasteiger partial charge in [0.1, 0.15) is 18.0 Å². The quantitative estimate of drug-likeness (QED) is 0.568. The lowest BCUT2D eigenvalue weighted by atomic mass is 10.1. The normalized spacial score (nSPS) is 16.0. The van der Waals surface area contributed by atoms with Gasteiger partial charge in [-0.15, -0.1) is 0 Å². The molecule has 0 spiro atoms. The Bertz CT molecular complexity index is 692. The Balaban J connectivity index is 1.95. The zero-order chi connectivity index (χ0) is 19.3. The number of halogens is 2. The molecule has 0 radical (unpaired) electrons. The summed E-state index contributed by atoms with van der Waals surface area (Å²) in [7, 11) is 0. The first-order chi connectivity index (χ1) is 12.2. The van der Waals surface area contributed by atoms with Crippen LogP contribution in [0.4, 0.5) is 9.18 Å². The Morgan fingerprint density at radius 1 is 1.31 bits per heavy atom. The van der Waals surface area contributed by atoms with Gasteiger partial charge in [-0.2, -0.15) is 0 Å². The van der Waals surface area contributed by atoms with Crippen molar-refractivity contribution in [2.45, 2.75) is 45.3 Å². The fourth-order valence-corrected chi connectivity index (χ4v) is 2.78. The van der Waals surface area contributed by atoms with Crippen molar-refractivity contribution in [2.75, 3.05) is 13.1 Å². The topological polar surface area (TPSA) is 55.8 Å². The van der Waals surface area contributed by atoms with Gasteiger partial charge in [-0.25, -0.2) is 9.18 Å². The highest BCUT2D eigenvalue weighted by atomic mass is 35.5. The van der Waals surface area contributed by atoms with Gasteiger partial charge in [0.2, 0.25) is 0 Å². The maximum atomic E-state index is 14.2. The Morgan fingerprint density at radius 3 is 2.54 bits per heavy atom. The monoisotopic (exact) mass is 383 g/mol. The first-order valence-corrected chi connectivity index (χ1v) is 8.83. The third-order valence-corrected chi connectivity index (χ3v) is 4.12. The Kier molecular flexibility index (Phi) is 6.64. The number of carbonyl (C=O) groups excluding carboxylic acids is 2. The van der Waals surface area contributed by atoms with Crippen LogP contribution in [0.25, 0.3) is 6.08 Å². The van der Waals surface area contributed by atoms with Crippen molar-refractivity contribution in [3.63, 3.8) is 0 Å². The SMILES string of the molecule is CC(C)(C)OC(=O)N1CCC(Oc2cc(Cl)c(/C=C/C=O)cc2F)CC1. The van der Waals surface area contributed by atoms with Crippen LogP contribution in [0.2, 0.25) is 5.02 Å². The van der Waals surface area contributed by atoms with Gasteiger partial charge in [-0.3, -0.25) is 4.79 Å². The molecule has 7 heteroatoms. The largest absolute Gasteiger partial charge is 0.487 e. The summed E-state index contributed by atoms with van der Waals surface area (Å²) in [5.41, 5.74) is -0.131. The molecule has 142 valence electrons. The van der Waals surface area contributed by atoms with E-state index in [0.29, 0.717) is 42.8 Å². The lowest BCUT2D eigenvalue weighted by Crippen LogP contribution is -2.44. The summed E-state index contributed by atoms with van der Waals surface area (Å²) >= 11 is 6.10. The van der Waals surface area contributed by atoms with Crippen molar-refractivity contribution in [3.05, 3.63) is 34.6 Å². The molecule has 2 rings (SSSR count). The van der Waals surface area contributed by atoms with E-state index < -0.39 is 11.4 Å². The second-order valence-corrected chi connectivity index (χ2v) is 7.49. The van der Waals surface area contributed by atoms with Crippen molar-refractivity contribution in [2.24, 2.45) is 0 Å². The fourth-order valence-electron chi connectivity index (χ4n) is 2.57. The molecular weight excluding hydrogens is 361 g/mol. The minimum Gasteiger partial charge on any atom is -0.487 e. The number of allylic oxidation sites excluding steroid dienone is 1. The summed E-state index contributed by atoms with van der Waals surface area (Å²) < 4.78 is 25.3. The van der Waals surface area contributed by atoms with Gasteiger partial charge in [0, 0.05) is 32.0 Å². The van der Waals surface area contributed by atoms with E-state index in [2.05, 4.69) is 0 Å². The number of hydrogen-bond acceptors (Lipinski definition) is 4. The predicted octanol–water partition coefficient (Wildman–Crippen LogP) is 4.47. The number of nitrogens with zero attached hydrogens (tertiary/aromatic N) is 1. The Morgan fingerprint density at radius 2 is 1.96 bits per heavy atom. The lowest BCUT2D eigenvalue weighted by Gasteiger charge is -2.33. The number of aldehydes is 1. The predicted molar refractivity (Wildman–Crippen MR) is 98.0 cm³/mol. The summed E-state index contributed by atoms with van der Waals surface area (Å²) in [6.07, 6.45) is 3.85. The maximum Gasteiger partial charge on any atom is 0.410 e. The molecule has 0 N–H and O–H groups in total. The molecule has 0 saturated carbocycles. The summed E-state index contributed by atoms with van der Waals surface area (Å²) in [5, 5.41) is 0.297. The van der Waals surface area contributed by atoms with Gasteiger partial charge >= 0.3 is 6.09 Å². The third-order valence-electron chi connectivity index (χ3n) is 3.79. The molecule has 1 amide bonds. The molecule has 1 aromatic rings. The third kappa shape index (κ3) is 5.73. The maximum absolute atomic E-state index is 14.2. The van der Waals surface area contributed by atoms with E-state index in [4.69, 9.17) is 21.1 Å². The molecule has 0 atom stereocenters. The van der Waals surface area contributed by atoms with Crippen LogP contribution in [0.5, 0.6) is 5.75 Å². The number of benzene rings is 1. The van der Waals surface area contributed by atoms with Crippen LogP contribution in [-0.4, -0.2) is 42.1 Å². The average Bonchev–Trinajstić information content (AvgIpc) is 2.55. The van der Waals surface area contributed by atoms with Crippen LogP contribution in [-0.2, 0) is 9.53 Å². The van der Waals surface area contributed by atoms with Gasteiger partial charge in [0.15, 0.2) is 11.6 Å². The molecule has 1 aliphatic rings. The molecular formula is C19H23ClFNO4. The van der Waals surface area contributed by atoms with E-state index in [-0.39, 0.29) is 17.9 Å². The van der Waals surface area contributed by atoms with Crippen molar-refractivity contribution in [1.82, 2.24) is 4.90 Å². The highest BCUT2D eigenvalue weighted by Gasteiger charge is 2.28. The summed E-state index contributed by atoms with van der Waals surface area (Å²) in [6, 6.07) is 2.63. The van der Waals surface area contributed by atoms with Crippen LogP contribution >= 0.6 is 11.6 Å². The molecule has 5 nitrogen and oxygen atoms in total. The molecule has 0 unspecified atom stereocenters. The van der Waals surface area contributed by atoms with Crippen molar-refractivity contribution < 1.29 is 23.5 Å². The minimum absolute atomic E-state index is 0.0639. The van der Waals surface area contributed by atoms with Crippen LogP contribution in [0.3, 0.4) is 0 Å². The fraction of sp³-hybridized carbons (Fsp3) is 0.474. The molecule has 1 aromatic carbocycles. The minimum atomic E-state index is -0.547. The van der Waals surface area contributed by atoms with Crippen LogP contribution in [0.1, 0.15) is 39.2 Å². The van der Waals surface area contributed by atoms with Crippen molar-refractivity contribution in [3.8, 4) is 5.75 Å². The van der Waals surface area contributed by atoms with Gasteiger partial charge < -0.3 is 14.4 Å². The van der Waals surface area contributed by atoms with Crippen LogP contribution in [0, 0.1) is 5.82 Å². The number of piperidine rings is 1. The Hall–Kier alpha value is -2.08. The first kappa shape index (κ1) is 20.2. The van der Waals surface area contributed by atoms with Gasteiger partial charge in [0.05, 0.1) is 5.02 Å². The van der Waals surface area contributed by atoms with E-state index in [1.807, 2.05) is 20.8 Å². The number of likely N-dealkylation sites (tertiary alicyclic amines) is 1. The summed E-state index contributed by atoms with van der Waals surface area (Å²) in [6.45, 7) is 6.42. The number of hydrogen-bond donors (Lipinski definition) is 0. The second kappa shape index (κ2) is 8.54. The zero-order valence-corrected chi connectivity index (χ0v) is 15.9. The average molecular weight is 384 g/mol. The second-order valence-electron chi connectivity index (χ2n) is 7.08. The van der Waals surface area contributed by atoms with Gasteiger partial charge in [0.25, 0.3) is 0 Å². The molecule has 0 bridgehead atoms. The van der Waals surface area contributed by atoms with E-state index in [1.54, 1.807) is 4.90 Å². The number of carbonyl (C=O) groups is 2. The molecule has 1 fully saturated rings. The molecule has 1 saturated heterocycles. The summed E-state index contributed by atoms with van der Waals surface area (Å²) in [4.78, 5) is 24.1. The number of rotatable bonds is 4. The smallest absolute Gasteiger partial charge is 0.410 e. The van der Waals surface area contributed by atoms with Crippen molar-refractivity contribution in [1.29, 1.82) is 0 Å². The standard InChI is InChI=1S/C19H23ClFNO4/c1-19(2,3)26-18(24)22-8-6-14(7-9-22)25-17-12-15(20)13(5-4-10-23)11-16(17)21/h4-5,10-12,14H,6-9H2,1-3H3/b5-4+. The Labute approximate surface area is 157 Å². The van der Waals surface area contributed by atoms with Gasteiger partial charge in [-0.05, 0) is 38.5 Å². The molecule has 1 aliphatic heterocycles. The summed E-state index contributed by atoms with van der Waals surface area (Å²) in [5.74, 6) is -0.483. The van der Waals surface area contributed by atoms with E-state index in [1.165, 1.54) is 24.3 Å². The molecule has 0 aliphatic carbocycles. The van der Waals surface area contributed by atoms with Crippen LogP contribution < -0.4 is 4.74 Å². The van der Waals surface area contributed by atoms with Gasteiger partial charge in [-0.1, -0.05) is 17.7 Å². The highest BCUT2D eigenvalue weighted by Crippen LogP contribution is 2.29. The van der Waals surface area contributed by atoms with E-state index >= 15 is 0 Å². The first-order valence-electron chi connectivity index (χ1n) is 8.45. The number of amides is 1. The van der Waals surface area contributed by atoms with E-state index in [0.717, 1.165) is 0 Å². The van der Waals surface area contributed by atoms with Crippen LogP contribution in [0.15, 0.2) is 18.2 Å². The number of ether oxygens (including phenoxy) is 2. The van der Waals surface area contributed by atoms with Crippen molar-refractivity contribution >= 4 is 30.1 Å². The molecule has 26 heavy (non-hydrogen) atoms. The lowest BCUT2D eigenvalue weighted by molar-refractivity contribution is -0.104. The highest BCUT2D eigenvalue weighted by molar-refractivity contribution is 6.32.